The number of likely N-dealkylation sites (N-methyl/N-ethyl adjacent to an activating group) is 1. The van der Waals surface area contributed by atoms with Gasteiger partial charge in [-0.15, -0.1) is 11.6 Å². The number of amides is 1. The first-order valence-corrected chi connectivity index (χ1v) is 29.9. The number of cyclic esters (lactones) is 1. The number of carbonyl (C=O) groups is 3. The molecule has 6 fully saturated rings. The standard InChI is InChI=1S/C60H100ClN3O15/c1-16-45-58(12,72)49(68)36(5)64(26-18-24-62-53(71)60(73)33(2)27-41-40-20-19-38-29-39(65)21-23-55(38,9)59(40,61)44(66)31-56(41,60)10)25-17-22-54(7,8)46(79-52-48(67)42(63(13)14)28-34(3)75-52)30-43(35(4)51(70)78-45)77-47-32-57(11,74-15)50(69)37(6)76-47/h21,23,29,33-37,40-50,52,66-69,72-73H,16-20,22,24-28,30-32H2,1-15H3,(H,62,71)/t33-,34-,35+,36+,37+,40?,41?,42-,43-,44-,45+,46+,47+,48?,49-,50+,52+,55-,56-,57-,58-,59-,60-/m0/s1. The van der Waals surface area contributed by atoms with Crippen molar-refractivity contribution < 1.29 is 73.4 Å². The van der Waals surface area contributed by atoms with Crippen LogP contribution in [0.25, 0.3) is 0 Å². The van der Waals surface area contributed by atoms with Gasteiger partial charge in [-0.2, -0.15) is 0 Å². The fraction of sp³-hybridized carbons (Fsp3) is 0.883. The minimum absolute atomic E-state index is 0.0968. The van der Waals surface area contributed by atoms with Crippen LogP contribution >= 0.6 is 11.6 Å². The summed E-state index contributed by atoms with van der Waals surface area (Å²) >= 11 is 7.67. The molecule has 3 unspecified atom stereocenters. The molecule has 23 atom stereocenters. The monoisotopic (exact) mass is 1140 g/mol. The minimum Gasteiger partial charge on any atom is -0.459 e. The molecule has 7 rings (SSSR count). The molecule has 7 aliphatic rings. The lowest BCUT2D eigenvalue weighted by Crippen LogP contribution is -2.69. The van der Waals surface area contributed by atoms with E-state index < -0.39 is 129 Å². The quantitative estimate of drug-likeness (QED) is 0.0756. The Morgan fingerprint density at radius 2 is 1.61 bits per heavy atom. The number of nitrogens with zero attached hydrogens (tertiary/aromatic N) is 2. The van der Waals surface area contributed by atoms with Crippen LogP contribution < -0.4 is 5.32 Å². The highest BCUT2D eigenvalue weighted by Gasteiger charge is 2.75. The summed E-state index contributed by atoms with van der Waals surface area (Å²) < 4.78 is 38.4. The third-order valence-corrected chi connectivity index (χ3v) is 22.2. The molecule has 0 bridgehead atoms. The number of fused-ring (bicyclic) bond motifs is 5. The van der Waals surface area contributed by atoms with Crippen molar-refractivity contribution in [2.24, 2.45) is 39.9 Å². The van der Waals surface area contributed by atoms with Gasteiger partial charge in [-0.25, -0.2) is 0 Å². The molecule has 19 heteroatoms. The van der Waals surface area contributed by atoms with E-state index in [2.05, 4.69) is 24.1 Å². The number of nitrogens with one attached hydrogen (secondary N) is 1. The molecule has 0 spiro atoms. The maximum atomic E-state index is 14.6. The van der Waals surface area contributed by atoms with Crippen molar-refractivity contribution in [1.29, 1.82) is 0 Å². The van der Waals surface area contributed by atoms with Crippen molar-refractivity contribution >= 4 is 29.3 Å². The van der Waals surface area contributed by atoms with Gasteiger partial charge in [0.25, 0.3) is 5.91 Å². The first-order valence-electron chi connectivity index (χ1n) is 29.5. The smallest absolute Gasteiger partial charge is 0.311 e. The van der Waals surface area contributed by atoms with Crippen LogP contribution in [0.2, 0.25) is 0 Å². The lowest BCUT2D eigenvalue weighted by molar-refractivity contribution is -0.303. The first kappa shape index (κ1) is 64.4. The molecule has 7 N–H and O–H groups in total. The fourth-order valence-electron chi connectivity index (χ4n) is 15.7. The van der Waals surface area contributed by atoms with Crippen LogP contribution in [0.1, 0.15) is 154 Å². The Hall–Kier alpha value is -2.14. The van der Waals surface area contributed by atoms with Crippen LogP contribution in [0.4, 0.5) is 0 Å². The molecule has 452 valence electrons. The highest BCUT2D eigenvalue weighted by Crippen LogP contribution is 2.71. The van der Waals surface area contributed by atoms with Crippen molar-refractivity contribution in [2.45, 2.75) is 255 Å². The number of aliphatic hydroxyl groups is 6. The highest BCUT2D eigenvalue weighted by molar-refractivity contribution is 6.26. The van der Waals surface area contributed by atoms with Crippen LogP contribution in [0.5, 0.6) is 0 Å². The molecular weight excluding hydrogens is 1040 g/mol. The first-order chi connectivity index (χ1) is 36.7. The fourth-order valence-corrected chi connectivity index (χ4v) is 16.2. The second-order valence-electron chi connectivity index (χ2n) is 27.0. The van der Waals surface area contributed by atoms with Crippen LogP contribution in [-0.4, -0.2) is 200 Å². The van der Waals surface area contributed by atoms with Gasteiger partial charge in [0.2, 0.25) is 0 Å². The second-order valence-corrected chi connectivity index (χ2v) is 27.6. The Balaban J connectivity index is 1.13. The summed E-state index contributed by atoms with van der Waals surface area (Å²) in [6.45, 7) is 23.2. The second kappa shape index (κ2) is 24.1. The lowest BCUT2D eigenvalue weighted by atomic mass is 9.45. The number of ketones is 1. The van der Waals surface area contributed by atoms with E-state index in [1.165, 1.54) is 20.1 Å². The summed E-state index contributed by atoms with van der Waals surface area (Å²) in [5.74, 6) is -3.13. The topological polar surface area (TPSA) is 246 Å². The van der Waals surface area contributed by atoms with Gasteiger partial charge in [0.05, 0.1) is 46.9 Å². The third-order valence-electron chi connectivity index (χ3n) is 21.3. The minimum atomic E-state index is -1.93. The number of hydrogen-bond acceptors (Lipinski definition) is 17. The average Bonchev–Trinajstić information content (AvgIpc) is 2.27. The number of aliphatic hydroxyl groups excluding tert-OH is 4. The SMILES string of the molecule is CC[C@H]1OC(=O)[C@H](C)[C@@H](O[C@@H]2C[C@](C)(OC)[C@H](O)[C@@H](C)O2)C[C@@H](O[C@H]2O[C@@H](C)C[C@H](N(C)C)C2O)C(C)(C)CCCN(CCCNC(=O)[C@@]2(O)[C@@H](C)CC3C4CCC5=CC(=O)C=C[C@]5(C)[C@@]4(Cl)[C@@H](O)C[C@@]32C)[C@H](C)[C@H](O)[C@@]1(C)O. The van der Waals surface area contributed by atoms with E-state index in [-0.39, 0.29) is 62.0 Å². The van der Waals surface area contributed by atoms with E-state index in [4.69, 9.17) is 40.0 Å². The molecule has 3 aliphatic heterocycles. The molecule has 18 nitrogen and oxygen atoms in total. The number of rotatable bonds is 12. The van der Waals surface area contributed by atoms with Gasteiger partial charge in [0, 0.05) is 56.0 Å². The Morgan fingerprint density at radius 3 is 2.25 bits per heavy atom. The molecule has 3 saturated carbocycles. The number of esters is 1. The van der Waals surface area contributed by atoms with Crippen molar-refractivity contribution in [3.63, 3.8) is 0 Å². The van der Waals surface area contributed by atoms with Crippen LogP contribution in [0.15, 0.2) is 23.8 Å². The number of alkyl halides is 1. The molecule has 0 aromatic heterocycles. The number of hydrogen-bond donors (Lipinski definition) is 7. The van der Waals surface area contributed by atoms with Gasteiger partial charge in [-0.1, -0.05) is 53.2 Å². The summed E-state index contributed by atoms with van der Waals surface area (Å²) in [5, 5.41) is 75.5. The number of carbonyl (C=O) groups excluding carboxylic acids is 3. The molecule has 3 saturated heterocycles. The molecule has 3 heterocycles. The average molecular weight is 1140 g/mol. The molecular formula is C60H100ClN3O15. The zero-order chi connectivity index (χ0) is 58.7. The van der Waals surface area contributed by atoms with Crippen LogP contribution in [0, 0.1) is 39.9 Å². The van der Waals surface area contributed by atoms with Gasteiger partial charge in [0.1, 0.15) is 30.0 Å². The van der Waals surface area contributed by atoms with Crippen LogP contribution in [0.3, 0.4) is 0 Å². The van der Waals surface area contributed by atoms with Gasteiger partial charge in [0.15, 0.2) is 24.0 Å². The number of allylic oxidation sites excluding steroid dienone is 4. The molecule has 0 aromatic rings. The number of ether oxygens (including phenoxy) is 6. The zero-order valence-electron chi connectivity index (χ0n) is 50.1. The third kappa shape index (κ3) is 11.7. The Kier molecular flexibility index (Phi) is 19.6. The van der Waals surface area contributed by atoms with E-state index >= 15 is 0 Å². The predicted octanol–water partition coefficient (Wildman–Crippen LogP) is 5.18. The van der Waals surface area contributed by atoms with Gasteiger partial charge >= 0.3 is 5.97 Å². The maximum Gasteiger partial charge on any atom is 0.311 e. The van der Waals surface area contributed by atoms with Crippen molar-refractivity contribution in [2.75, 3.05) is 40.8 Å². The summed E-state index contributed by atoms with van der Waals surface area (Å²) in [6, 6.07) is -0.937. The number of methoxy groups -OCH3 is 1. The normalized spacial score (nSPS) is 48.2. The molecule has 0 aromatic carbocycles. The molecule has 0 radical (unpaired) electrons. The maximum absolute atomic E-state index is 14.6. The molecule has 4 aliphatic carbocycles. The summed E-state index contributed by atoms with van der Waals surface area (Å²) in [6.07, 6.45) is -0.606. The van der Waals surface area contributed by atoms with E-state index in [1.54, 1.807) is 33.8 Å². The van der Waals surface area contributed by atoms with E-state index in [0.717, 1.165) is 5.57 Å². The largest absolute Gasteiger partial charge is 0.459 e. The van der Waals surface area contributed by atoms with Crippen LogP contribution in [-0.2, 0) is 42.8 Å². The summed E-state index contributed by atoms with van der Waals surface area (Å²) in [7, 11) is 5.34. The Bertz CT molecular complexity index is 2230. The predicted molar refractivity (Wildman–Crippen MR) is 297 cm³/mol. The summed E-state index contributed by atoms with van der Waals surface area (Å²) in [4.78, 5) is 44.6. The summed E-state index contributed by atoms with van der Waals surface area (Å²) in [5.41, 5.74) is -6.33. The van der Waals surface area contributed by atoms with Crippen molar-refractivity contribution in [3.8, 4) is 0 Å². The Morgan fingerprint density at radius 1 is 0.924 bits per heavy atom. The molecule has 1 amide bonds. The van der Waals surface area contributed by atoms with Gasteiger partial charge in [-0.3, -0.25) is 19.3 Å². The van der Waals surface area contributed by atoms with Crippen molar-refractivity contribution in [1.82, 2.24) is 15.1 Å². The van der Waals surface area contributed by atoms with Crippen molar-refractivity contribution in [3.05, 3.63) is 23.8 Å². The van der Waals surface area contributed by atoms with E-state index in [1.807, 2.05) is 59.7 Å². The van der Waals surface area contributed by atoms with Gasteiger partial charge < -0.3 is 69.3 Å². The Labute approximate surface area is 475 Å². The molecule has 79 heavy (non-hydrogen) atoms. The van der Waals surface area contributed by atoms with E-state index in [9.17, 15) is 45.0 Å². The van der Waals surface area contributed by atoms with E-state index in [0.29, 0.717) is 58.0 Å². The zero-order valence-corrected chi connectivity index (χ0v) is 50.8. The van der Waals surface area contributed by atoms with Gasteiger partial charge in [-0.05, 0) is 155 Å². The highest BCUT2D eigenvalue weighted by atomic mass is 35.5. The number of halogens is 1. The lowest BCUT2D eigenvalue weighted by Gasteiger charge is -2.63.